The Morgan fingerprint density at radius 3 is 2.27 bits per heavy atom. The van der Waals surface area contributed by atoms with Crippen molar-refractivity contribution < 1.29 is 23.5 Å². The van der Waals surface area contributed by atoms with Gasteiger partial charge in [-0.2, -0.15) is 0 Å². The molecule has 0 spiro atoms. The van der Waals surface area contributed by atoms with Crippen molar-refractivity contribution in [3.05, 3.63) is 53.6 Å². The fraction of sp³-hybridized carbons (Fsp3) is 0.483. The van der Waals surface area contributed by atoms with Gasteiger partial charge in [0.1, 0.15) is 11.9 Å². The lowest BCUT2D eigenvalue weighted by Gasteiger charge is -2.34. The zero-order chi connectivity index (χ0) is 26.1. The quantitative estimate of drug-likeness (QED) is 0.416. The minimum absolute atomic E-state index is 0.0267. The number of carboxylic acid groups (broad SMARTS) is 1. The molecule has 2 aliphatic rings. The maximum atomic E-state index is 14.5. The molecule has 2 saturated carbocycles. The molecule has 37 heavy (non-hydrogen) atoms. The molecule has 196 valence electrons. The molecule has 0 saturated heterocycles. The molecule has 1 amide bonds. The summed E-state index contributed by atoms with van der Waals surface area (Å²) in [5.74, 6) is -2.72. The van der Waals surface area contributed by atoms with Crippen molar-refractivity contribution in [3.63, 3.8) is 0 Å². The number of rotatable bonds is 6. The molecule has 1 atom stereocenters. The molecule has 2 N–H and O–H groups in total. The molecule has 0 aliphatic heterocycles. The number of carbonyl (C=O) groups excluding carboxylic acids is 1. The highest BCUT2D eigenvalue weighted by atomic mass is 19.2. The summed E-state index contributed by atoms with van der Waals surface area (Å²) in [5, 5.41) is 12.5. The molecule has 5 rings (SSSR count). The molecule has 3 aromatic rings. The van der Waals surface area contributed by atoms with Crippen molar-refractivity contribution in [1.82, 2.24) is 14.9 Å². The predicted molar refractivity (Wildman–Crippen MR) is 137 cm³/mol. The van der Waals surface area contributed by atoms with Crippen LogP contribution in [0.15, 0.2) is 36.4 Å². The largest absolute Gasteiger partial charge is 0.481 e. The topological polar surface area (TPSA) is 84.2 Å². The number of carbonyl (C=O) groups is 2. The first-order chi connectivity index (χ1) is 17.8. The van der Waals surface area contributed by atoms with Crippen LogP contribution < -0.4 is 5.32 Å². The third-order valence-corrected chi connectivity index (χ3v) is 8.11. The second-order valence-corrected chi connectivity index (χ2v) is 10.7. The molecular formula is C29H33F2N3O3. The molecule has 1 aromatic heterocycles. The van der Waals surface area contributed by atoms with Gasteiger partial charge in [-0.05, 0) is 51.4 Å². The molecule has 0 bridgehead atoms. The maximum Gasteiger partial charge on any atom is 0.306 e. The average molecular weight is 510 g/mol. The molecule has 2 aromatic carbocycles. The molecule has 2 aliphatic carbocycles. The summed E-state index contributed by atoms with van der Waals surface area (Å²) >= 11 is 0. The number of carboxylic acids is 1. The summed E-state index contributed by atoms with van der Waals surface area (Å²) in [6.07, 6.45) is 7.12. The Balaban J connectivity index is 1.57. The van der Waals surface area contributed by atoms with Crippen LogP contribution >= 0.6 is 0 Å². The first-order valence-electron chi connectivity index (χ1n) is 13.3. The number of nitrogens with zero attached hydrogens (tertiary/aromatic N) is 2. The van der Waals surface area contributed by atoms with Crippen LogP contribution in [0.4, 0.5) is 8.78 Å². The van der Waals surface area contributed by atoms with E-state index in [0.29, 0.717) is 42.5 Å². The van der Waals surface area contributed by atoms with Gasteiger partial charge < -0.3 is 15.0 Å². The standard InChI is InChI=1S/C29H33F2N3O3/c1-17-7-9-19(10-8-17)27-33-24-15-22(30)23(31)16-25(24)34(27)26(18-5-3-2-4-6-18)28(35)32-21-13-11-20(12-14-21)29(36)37/h7-10,15-16,18,20-21,26H,2-6,11-14H2,1H3,(H,32,35)(H,36,37)/t20-,21-,26?. The minimum atomic E-state index is -0.973. The number of fused-ring (bicyclic) bond motifs is 1. The van der Waals surface area contributed by atoms with E-state index in [2.05, 4.69) is 5.32 Å². The third-order valence-electron chi connectivity index (χ3n) is 8.11. The van der Waals surface area contributed by atoms with Crippen LogP contribution in [0.2, 0.25) is 0 Å². The van der Waals surface area contributed by atoms with Crippen LogP contribution in [0, 0.1) is 30.4 Å². The lowest BCUT2D eigenvalue weighted by atomic mass is 9.82. The molecule has 1 heterocycles. The highest BCUT2D eigenvalue weighted by molar-refractivity contribution is 5.87. The van der Waals surface area contributed by atoms with Crippen LogP contribution in [0.1, 0.15) is 69.4 Å². The van der Waals surface area contributed by atoms with Crippen molar-refractivity contribution >= 4 is 22.9 Å². The summed E-state index contributed by atoms with van der Waals surface area (Å²) in [4.78, 5) is 30.1. The van der Waals surface area contributed by atoms with Gasteiger partial charge in [-0.3, -0.25) is 9.59 Å². The van der Waals surface area contributed by atoms with Crippen molar-refractivity contribution in [1.29, 1.82) is 0 Å². The SMILES string of the molecule is Cc1ccc(-c2nc3cc(F)c(F)cc3n2C(C(=O)N[C@H]2CC[C@H](C(=O)O)CC2)C2CCCCC2)cc1. The van der Waals surface area contributed by atoms with Crippen molar-refractivity contribution in [3.8, 4) is 11.4 Å². The number of halogens is 2. The Morgan fingerprint density at radius 2 is 1.62 bits per heavy atom. The first kappa shape index (κ1) is 25.4. The first-order valence-corrected chi connectivity index (χ1v) is 13.3. The Hall–Kier alpha value is -3.29. The minimum Gasteiger partial charge on any atom is -0.481 e. The van der Waals surface area contributed by atoms with Gasteiger partial charge in [0.05, 0.1) is 17.0 Å². The lowest BCUT2D eigenvalue weighted by molar-refractivity contribution is -0.142. The van der Waals surface area contributed by atoms with E-state index < -0.39 is 23.6 Å². The summed E-state index contributed by atoms with van der Waals surface area (Å²) in [6, 6.07) is 9.25. The molecule has 6 nitrogen and oxygen atoms in total. The van der Waals surface area contributed by atoms with Gasteiger partial charge in [-0.25, -0.2) is 13.8 Å². The molecule has 2 fully saturated rings. The number of amides is 1. The average Bonchev–Trinajstić information content (AvgIpc) is 3.23. The Bertz CT molecular complexity index is 1290. The maximum absolute atomic E-state index is 14.5. The van der Waals surface area contributed by atoms with E-state index in [1.54, 1.807) is 0 Å². The van der Waals surface area contributed by atoms with E-state index in [0.717, 1.165) is 55.4 Å². The van der Waals surface area contributed by atoms with Crippen LogP contribution in [-0.4, -0.2) is 32.6 Å². The van der Waals surface area contributed by atoms with E-state index in [9.17, 15) is 23.5 Å². The van der Waals surface area contributed by atoms with Crippen molar-refractivity contribution in [2.24, 2.45) is 11.8 Å². The summed E-state index contributed by atoms with van der Waals surface area (Å²) in [5.41, 5.74) is 2.56. The number of nitrogens with one attached hydrogen (secondary N) is 1. The van der Waals surface area contributed by atoms with Gasteiger partial charge in [-0.1, -0.05) is 49.1 Å². The zero-order valence-corrected chi connectivity index (χ0v) is 21.1. The van der Waals surface area contributed by atoms with Crippen LogP contribution in [0.3, 0.4) is 0 Å². The van der Waals surface area contributed by atoms with Gasteiger partial charge in [0.2, 0.25) is 5.91 Å². The smallest absolute Gasteiger partial charge is 0.306 e. The fourth-order valence-electron chi connectivity index (χ4n) is 6.04. The van der Waals surface area contributed by atoms with Crippen LogP contribution in [0.25, 0.3) is 22.4 Å². The Kier molecular flexibility index (Phi) is 7.26. The number of hydrogen-bond acceptors (Lipinski definition) is 3. The number of aryl methyl sites for hydroxylation is 1. The fourth-order valence-corrected chi connectivity index (χ4v) is 6.04. The van der Waals surface area contributed by atoms with E-state index in [1.807, 2.05) is 35.8 Å². The predicted octanol–water partition coefficient (Wildman–Crippen LogP) is 6.17. The molecule has 0 radical (unpaired) electrons. The molecule has 8 heteroatoms. The number of aromatic nitrogens is 2. The normalized spacial score (nSPS) is 21.6. The van der Waals surface area contributed by atoms with Gasteiger partial charge in [0, 0.05) is 23.7 Å². The van der Waals surface area contributed by atoms with Crippen molar-refractivity contribution in [2.45, 2.75) is 76.8 Å². The van der Waals surface area contributed by atoms with Gasteiger partial charge in [-0.15, -0.1) is 0 Å². The molecular weight excluding hydrogens is 476 g/mol. The van der Waals surface area contributed by atoms with Crippen LogP contribution in [0.5, 0.6) is 0 Å². The second kappa shape index (κ2) is 10.6. The van der Waals surface area contributed by atoms with Gasteiger partial charge in [0.25, 0.3) is 0 Å². The summed E-state index contributed by atoms with van der Waals surface area (Å²) in [7, 11) is 0. The monoisotopic (exact) mass is 509 g/mol. The lowest BCUT2D eigenvalue weighted by Crippen LogP contribution is -2.44. The van der Waals surface area contributed by atoms with E-state index >= 15 is 0 Å². The Morgan fingerprint density at radius 1 is 0.973 bits per heavy atom. The number of hydrogen-bond donors (Lipinski definition) is 2. The number of aliphatic carboxylic acids is 1. The van der Waals surface area contributed by atoms with Gasteiger partial charge >= 0.3 is 5.97 Å². The number of benzene rings is 2. The van der Waals surface area contributed by atoms with Gasteiger partial charge in [0.15, 0.2) is 11.6 Å². The summed E-state index contributed by atoms with van der Waals surface area (Å²) < 4.78 is 30.5. The van der Waals surface area contributed by atoms with Crippen LogP contribution in [-0.2, 0) is 9.59 Å². The Labute approximate surface area is 215 Å². The number of imidazole rings is 1. The zero-order valence-electron chi connectivity index (χ0n) is 21.1. The third kappa shape index (κ3) is 5.24. The highest BCUT2D eigenvalue weighted by Crippen LogP contribution is 2.39. The highest BCUT2D eigenvalue weighted by Gasteiger charge is 2.36. The van der Waals surface area contributed by atoms with Crippen molar-refractivity contribution in [2.75, 3.05) is 0 Å². The van der Waals surface area contributed by atoms with E-state index in [4.69, 9.17) is 4.98 Å². The summed E-state index contributed by atoms with van der Waals surface area (Å²) in [6.45, 7) is 1.98. The van der Waals surface area contributed by atoms with E-state index in [1.165, 1.54) is 0 Å². The molecule has 1 unspecified atom stereocenters. The second-order valence-electron chi connectivity index (χ2n) is 10.7. The van der Waals surface area contributed by atoms with E-state index in [-0.39, 0.29) is 23.8 Å².